The third-order valence-corrected chi connectivity index (χ3v) is 4.63. The van der Waals surface area contributed by atoms with Gasteiger partial charge in [-0.2, -0.15) is 0 Å². The number of benzene rings is 3. The fourth-order valence-corrected chi connectivity index (χ4v) is 3.00. The molecule has 3 rings (SSSR count). The van der Waals surface area contributed by atoms with Gasteiger partial charge in [0.15, 0.2) is 0 Å². The first-order valence-corrected chi connectivity index (χ1v) is 9.56. The predicted molar refractivity (Wildman–Crippen MR) is 118 cm³/mol. The van der Waals surface area contributed by atoms with Crippen molar-refractivity contribution in [1.29, 1.82) is 0 Å². The Morgan fingerprint density at radius 2 is 1.67 bits per heavy atom. The van der Waals surface area contributed by atoms with Crippen molar-refractivity contribution >= 4 is 34.9 Å². The molecule has 30 heavy (non-hydrogen) atoms. The lowest BCUT2D eigenvalue weighted by atomic mass is 10.1. The summed E-state index contributed by atoms with van der Waals surface area (Å²) in [5.74, 6) is -0.170. The highest BCUT2D eigenvalue weighted by atomic mass is 35.5. The van der Waals surface area contributed by atoms with Crippen LogP contribution in [0, 0.1) is 0 Å². The van der Waals surface area contributed by atoms with Crippen LogP contribution in [-0.4, -0.2) is 31.1 Å². The number of carboxylic acid groups (broad SMARTS) is 1. The highest BCUT2D eigenvalue weighted by Gasteiger charge is 2.09. The molecule has 3 aromatic carbocycles. The topological polar surface area (TPSA) is 78.9 Å². The number of anilines is 2. The molecule has 0 aromatic heterocycles. The molecule has 0 saturated carbocycles. The van der Waals surface area contributed by atoms with Gasteiger partial charge in [0.25, 0.3) is 5.91 Å². The zero-order valence-electron chi connectivity index (χ0n) is 16.6. The van der Waals surface area contributed by atoms with E-state index in [2.05, 4.69) is 5.32 Å². The van der Waals surface area contributed by atoms with Crippen molar-refractivity contribution in [3.05, 3.63) is 82.9 Å². The van der Waals surface area contributed by atoms with Crippen LogP contribution < -0.4 is 15.0 Å². The van der Waals surface area contributed by atoms with E-state index in [9.17, 15) is 9.59 Å². The third kappa shape index (κ3) is 5.52. The smallest absolute Gasteiger partial charge is 0.307 e. The van der Waals surface area contributed by atoms with Gasteiger partial charge in [-0.1, -0.05) is 17.7 Å². The Kier molecular flexibility index (Phi) is 6.59. The number of halogens is 1. The largest absolute Gasteiger partial charge is 0.481 e. The molecular formula is C23H21ClN2O4. The Morgan fingerprint density at radius 3 is 2.23 bits per heavy atom. The number of amides is 1. The maximum Gasteiger partial charge on any atom is 0.307 e. The number of nitrogens with zero attached hydrogens (tertiary/aromatic N) is 1. The minimum atomic E-state index is -0.925. The molecule has 0 aliphatic heterocycles. The zero-order chi connectivity index (χ0) is 21.7. The monoisotopic (exact) mass is 424 g/mol. The van der Waals surface area contributed by atoms with Crippen molar-refractivity contribution in [2.24, 2.45) is 0 Å². The van der Waals surface area contributed by atoms with Crippen molar-refractivity contribution in [1.82, 2.24) is 0 Å². The summed E-state index contributed by atoms with van der Waals surface area (Å²) in [6.07, 6.45) is -0.105. The second-order valence-electron chi connectivity index (χ2n) is 6.86. The van der Waals surface area contributed by atoms with Crippen LogP contribution in [0.5, 0.6) is 11.5 Å². The molecule has 0 bridgehead atoms. The molecule has 6 nitrogen and oxygen atoms in total. The Balaban J connectivity index is 1.63. The first-order chi connectivity index (χ1) is 14.3. The van der Waals surface area contributed by atoms with E-state index in [1.807, 2.05) is 31.1 Å². The number of ether oxygens (including phenoxy) is 1. The van der Waals surface area contributed by atoms with Gasteiger partial charge in [-0.3, -0.25) is 9.59 Å². The van der Waals surface area contributed by atoms with E-state index in [4.69, 9.17) is 21.4 Å². The maximum atomic E-state index is 12.4. The van der Waals surface area contributed by atoms with Crippen molar-refractivity contribution in [3.8, 4) is 11.5 Å². The summed E-state index contributed by atoms with van der Waals surface area (Å²) >= 11 is 6.18. The van der Waals surface area contributed by atoms with Crippen LogP contribution in [0.1, 0.15) is 15.9 Å². The molecule has 0 aliphatic rings. The zero-order valence-corrected chi connectivity index (χ0v) is 17.3. The normalized spacial score (nSPS) is 10.4. The standard InChI is InChI=1S/C23H21ClN2O4/c1-26(2)18-8-4-16(5-9-18)23(29)25-17-6-10-19(11-7-17)30-21-12-3-15(13-20(21)24)14-22(27)28/h3-13H,14H2,1-2H3,(H,25,29)(H,27,28). The molecule has 0 aliphatic carbocycles. The van der Waals surface area contributed by atoms with Crippen molar-refractivity contribution in [2.45, 2.75) is 6.42 Å². The first-order valence-electron chi connectivity index (χ1n) is 9.18. The summed E-state index contributed by atoms with van der Waals surface area (Å²) in [5.41, 5.74) is 2.81. The maximum absolute atomic E-state index is 12.4. The van der Waals surface area contributed by atoms with Crippen LogP contribution in [0.3, 0.4) is 0 Å². The predicted octanol–water partition coefficient (Wildman–Crippen LogP) is 5.08. The van der Waals surface area contributed by atoms with E-state index >= 15 is 0 Å². The van der Waals surface area contributed by atoms with Gasteiger partial charge >= 0.3 is 5.97 Å². The fourth-order valence-electron chi connectivity index (χ4n) is 2.76. The Hall–Kier alpha value is -3.51. The summed E-state index contributed by atoms with van der Waals surface area (Å²) in [6.45, 7) is 0. The number of aliphatic carboxylic acids is 1. The van der Waals surface area contributed by atoms with Crippen LogP contribution >= 0.6 is 11.6 Å². The summed E-state index contributed by atoms with van der Waals surface area (Å²) in [7, 11) is 3.88. The molecule has 0 spiro atoms. The van der Waals surface area contributed by atoms with Gasteiger partial charge in [0.1, 0.15) is 11.5 Å². The molecule has 0 atom stereocenters. The van der Waals surface area contributed by atoms with E-state index in [-0.39, 0.29) is 12.3 Å². The van der Waals surface area contributed by atoms with E-state index in [0.717, 1.165) is 5.69 Å². The lowest BCUT2D eigenvalue weighted by Gasteiger charge is -2.13. The second kappa shape index (κ2) is 9.33. The van der Waals surface area contributed by atoms with Gasteiger partial charge in [-0.15, -0.1) is 0 Å². The van der Waals surface area contributed by atoms with Gasteiger partial charge in [0.05, 0.1) is 11.4 Å². The molecule has 0 heterocycles. The Labute approximate surface area is 179 Å². The average molecular weight is 425 g/mol. The number of carboxylic acids is 1. The van der Waals surface area contributed by atoms with Gasteiger partial charge in [0, 0.05) is 31.0 Å². The van der Waals surface area contributed by atoms with Gasteiger partial charge < -0.3 is 20.1 Å². The summed E-state index contributed by atoms with van der Waals surface area (Å²) < 4.78 is 5.75. The summed E-state index contributed by atoms with van der Waals surface area (Å²) in [4.78, 5) is 25.2. The number of nitrogens with one attached hydrogen (secondary N) is 1. The molecule has 3 aromatic rings. The minimum absolute atomic E-state index is 0.105. The molecule has 154 valence electrons. The van der Waals surface area contributed by atoms with Crippen LogP contribution in [0.4, 0.5) is 11.4 Å². The van der Waals surface area contributed by atoms with Crippen LogP contribution in [0.15, 0.2) is 66.7 Å². The minimum Gasteiger partial charge on any atom is -0.481 e. The number of carbonyl (C=O) groups excluding carboxylic acids is 1. The van der Waals surface area contributed by atoms with Crippen molar-refractivity contribution < 1.29 is 19.4 Å². The van der Waals surface area contributed by atoms with E-state index < -0.39 is 5.97 Å². The summed E-state index contributed by atoms with van der Waals surface area (Å²) in [5, 5.41) is 12.0. The SMILES string of the molecule is CN(C)c1ccc(C(=O)Nc2ccc(Oc3ccc(CC(=O)O)cc3Cl)cc2)cc1. The number of carbonyl (C=O) groups is 2. The van der Waals surface area contributed by atoms with Crippen molar-refractivity contribution in [2.75, 3.05) is 24.3 Å². The van der Waals surface area contributed by atoms with Crippen LogP contribution in [0.25, 0.3) is 0 Å². The lowest BCUT2D eigenvalue weighted by Crippen LogP contribution is -2.13. The second-order valence-corrected chi connectivity index (χ2v) is 7.26. The van der Waals surface area contributed by atoms with Crippen molar-refractivity contribution in [3.63, 3.8) is 0 Å². The fraction of sp³-hybridized carbons (Fsp3) is 0.130. The number of hydrogen-bond donors (Lipinski definition) is 2. The highest BCUT2D eigenvalue weighted by Crippen LogP contribution is 2.31. The molecule has 7 heteroatoms. The average Bonchev–Trinajstić information content (AvgIpc) is 2.71. The Bertz CT molecular complexity index is 1050. The number of hydrogen-bond acceptors (Lipinski definition) is 4. The molecule has 2 N–H and O–H groups in total. The molecular weight excluding hydrogens is 404 g/mol. The summed E-state index contributed by atoms with van der Waals surface area (Å²) in [6, 6.07) is 19.1. The van der Waals surface area contributed by atoms with Gasteiger partial charge in [0.2, 0.25) is 0 Å². The molecule has 1 amide bonds. The highest BCUT2D eigenvalue weighted by molar-refractivity contribution is 6.32. The van der Waals surface area contributed by atoms with E-state index in [1.54, 1.807) is 54.6 Å². The lowest BCUT2D eigenvalue weighted by molar-refractivity contribution is -0.136. The van der Waals surface area contributed by atoms with E-state index in [0.29, 0.717) is 33.3 Å². The Morgan fingerprint density at radius 1 is 1.00 bits per heavy atom. The molecule has 0 unspecified atom stereocenters. The number of rotatable bonds is 7. The van der Waals surface area contributed by atoms with Gasteiger partial charge in [-0.25, -0.2) is 0 Å². The van der Waals surface area contributed by atoms with Gasteiger partial charge in [-0.05, 0) is 66.2 Å². The molecule has 0 fully saturated rings. The van der Waals surface area contributed by atoms with Crippen LogP contribution in [-0.2, 0) is 11.2 Å². The van der Waals surface area contributed by atoms with Crippen LogP contribution in [0.2, 0.25) is 5.02 Å². The third-order valence-electron chi connectivity index (χ3n) is 4.34. The quantitative estimate of drug-likeness (QED) is 0.553. The molecule has 0 saturated heterocycles. The van der Waals surface area contributed by atoms with E-state index in [1.165, 1.54) is 0 Å². The first kappa shape index (κ1) is 21.2. The molecule has 0 radical (unpaired) electrons.